The zero-order chi connectivity index (χ0) is 22.7. The third kappa shape index (κ3) is 4.22. The Morgan fingerprint density at radius 2 is 1.26 bits per heavy atom. The van der Waals surface area contributed by atoms with Crippen molar-refractivity contribution < 1.29 is 11.4 Å². The molecule has 1 aliphatic carbocycles. The number of nitrogens with zero attached hydrogens (tertiary/aromatic N) is 3. The Morgan fingerprint density at radius 3 is 1.94 bits per heavy atom. The Balaban J connectivity index is 1.37. The molecule has 0 amide bonds. The average Bonchev–Trinajstić information content (AvgIpc) is 2.89. The van der Waals surface area contributed by atoms with Crippen LogP contribution in [0.4, 0.5) is 0 Å². The second-order valence-electron chi connectivity index (χ2n) is 8.25. The Bertz CT molecular complexity index is 1370. The maximum absolute atomic E-state index is 6.60. The van der Waals surface area contributed by atoms with E-state index < -0.39 is 15.1 Å². The molecule has 0 N–H and O–H groups in total. The van der Waals surface area contributed by atoms with Crippen molar-refractivity contribution in [2.45, 2.75) is 25.4 Å². The Labute approximate surface area is 202 Å². The minimum atomic E-state index is -2.75. The van der Waals surface area contributed by atoms with E-state index >= 15 is 0 Å². The molecule has 0 aliphatic heterocycles. The van der Waals surface area contributed by atoms with Gasteiger partial charge in [-0.05, 0) is 55.2 Å². The zero-order valence-electron chi connectivity index (χ0n) is 18.5. The van der Waals surface area contributed by atoms with Crippen LogP contribution in [0.25, 0.3) is 21.8 Å². The molecule has 0 fully saturated rings. The SMILES string of the molecule is c1cnc2c(c1)CCCC2[O][Al]([O]c1cccc2cccnc12)[O]c1cccc2cccnc12. The molecule has 0 spiro atoms. The van der Waals surface area contributed by atoms with E-state index in [4.69, 9.17) is 11.4 Å². The van der Waals surface area contributed by atoms with Gasteiger partial charge >= 0.3 is 15.1 Å². The molecule has 3 heterocycles. The van der Waals surface area contributed by atoms with Crippen LogP contribution >= 0.6 is 0 Å². The monoisotopic (exact) mass is 463 g/mol. The van der Waals surface area contributed by atoms with Gasteiger partial charge < -0.3 is 11.4 Å². The fourth-order valence-electron chi connectivity index (χ4n) is 4.46. The van der Waals surface area contributed by atoms with Crippen molar-refractivity contribution in [1.82, 2.24) is 15.0 Å². The summed E-state index contributed by atoms with van der Waals surface area (Å²) in [5.41, 5.74) is 3.77. The van der Waals surface area contributed by atoms with Gasteiger partial charge in [0.15, 0.2) is 0 Å². The summed E-state index contributed by atoms with van der Waals surface area (Å²) in [5.74, 6) is 1.31. The van der Waals surface area contributed by atoms with E-state index in [1.165, 1.54) is 5.56 Å². The van der Waals surface area contributed by atoms with Crippen LogP contribution in [0.15, 0.2) is 91.4 Å². The second-order valence-corrected chi connectivity index (χ2v) is 9.57. The fourth-order valence-corrected chi connectivity index (χ4v) is 5.95. The predicted octanol–water partition coefficient (Wildman–Crippen LogP) is 5.71. The lowest BCUT2D eigenvalue weighted by atomic mass is 9.94. The number of pyridine rings is 3. The van der Waals surface area contributed by atoms with Crippen molar-refractivity contribution in [3.8, 4) is 11.5 Å². The lowest BCUT2D eigenvalue weighted by molar-refractivity contribution is 0.113. The molecular formula is C27H22AlN3O3. The van der Waals surface area contributed by atoms with Crippen LogP contribution in [0, 0.1) is 0 Å². The molecule has 1 aliphatic rings. The number of rotatable bonds is 6. The fraction of sp³-hybridized carbons (Fsp3) is 0.148. The molecule has 0 radical (unpaired) electrons. The first-order valence-corrected chi connectivity index (χ1v) is 12.9. The number of fused-ring (bicyclic) bond motifs is 3. The first kappa shape index (κ1) is 21.1. The highest BCUT2D eigenvalue weighted by Gasteiger charge is 2.44. The van der Waals surface area contributed by atoms with Crippen molar-refractivity contribution in [2.24, 2.45) is 0 Å². The van der Waals surface area contributed by atoms with E-state index in [0.717, 1.165) is 46.8 Å². The molecule has 3 aromatic heterocycles. The molecule has 1 unspecified atom stereocenters. The maximum atomic E-state index is 6.60. The predicted molar refractivity (Wildman–Crippen MR) is 131 cm³/mol. The van der Waals surface area contributed by atoms with Gasteiger partial charge in [0.05, 0.1) is 11.8 Å². The summed E-state index contributed by atoms with van der Waals surface area (Å²) in [6.07, 6.45) is 8.11. The number of aromatic nitrogens is 3. The van der Waals surface area contributed by atoms with Crippen molar-refractivity contribution >= 4 is 37.0 Å². The van der Waals surface area contributed by atoms with Gasteiger partial charge in [0.2, 0.25) is 0 Å². The second kappa shape index (κ2) is 9.40. The van der Waals surface area contributed by atoms with Crippen LogP contribution in [0.2, 0.25) is 0 Å². The maximum Gasteiger partial charge on any atom is 1.10 e. The summed E-state index contributed by atoms with van der Waals surface area (Å²) < 4.78 is 19.5. The molecule has 5 aromatic rings. The molecule has 2 aromatic carbocycles. The number of hydrogen-bond donors (Lipinski definition) is 0. The number of aryl methyl sites for hydroxylation is 1. The van der Waals surface area contributed by atoms with Crippen molar-refractivity contribution in [1.29, 1.82) is 0 Å². The smallest absolute Gasteiger partial charge is 0.587 e. The summed E-state index contributed by atoms with van der Waals surface area (Å²) in [7, 11) is 0. The van der Waals surface area contributed by atoms with E-state index in [0.29, 0.717) is 11.5 Å². The van der Waals surface area contributed by atoms with Gasteiger partial charge in [0, 0.05) is 29.4 Å². The summed E-state index contributed by atoms with van der Waals surface area (Å²) >= 11 is -2.75. The molecule has 1 atom stereocenters. The molecule has 166 valence electrons. The molecule has 34 heavy (non-hydrogen) atoms. The third-order valence-corrected chi connectivity index (χ3v) is 7.50. The average molecular weight is 463 g/mol. The largest absolute Gasteiger partial charge is 1.10 e. The van der Waals surface area contributed by atoms with Crippen LogP contribution in [0.3, 0.4) is 0 Å². The number of hydrogen-bond acceptors (Lipinski definition) is 6. The summed E-state index contributed by atoms with van der Waals surface area (Å²) in [4.78, 5) is 13.7. The molecule has 7 heteroatoms. The lowest BCUT2D eigenvalue weighted by Crippen LogP contribution is -2.36. The van der Waals surface area contributed by atoms with Gasteiger partial charge in [-0.15, -0.1) is 0 Å². The molecule has 6 rings (SSSR count). The number of benzene rings is 2. The Kier molecular flexibility index (Phi) is 5.82. The van der Waals surface area contributed by atoms with Gasteiger partial charge in [-0.3, -0.25) is 15.0 Å². The van der Waals surface area contributed by atoms with E-state index in [2.05, 4.69) is 21.0 Å². The first-order chi connectivity index (χ1) is 16.8. The highest BCUT2D eigenvalue weighted by atomic mass is 27.3. The third-order valence-electron chi connectivity index (χ3n) is 6.06. The Morgan fingerprint density at radius 1 is 0.676 bits per heavy atom. The minimum Gasteiger partial charge on any atom is -0.587 e. The van der Waals surface area contributed by atoms with Crippen molar-refractivity contribution in [3.05, 3.63) is 103 Å². The normalized spacial score (nSPS) is 15.1. The van der Waals surface area contributed by atoms with E-state index in [-0.39, 0.29) is 6.10 Å². The van der Waals surface area contributed by atoms with E-state index in [1.807, 2.05) is 72.9 Å². The van der Waals surface area contributed by atoms with Crippen LogP contribution < -0.4 is 7.58 Å². The van der Waals surface area contributed by atoms with E-state index in [1.54, 1.807) is 12.4 Å². The minimum absolute atomic E-state index is 0.174. The van der Waals surface area contributed by atoms with Crippen LogP contribution in [-0.4, -0.2) is 30.1 Å². The topological polar surface area (TPSA) is 66.4 Å². The van der Waals surface area contributed by atoms with Crippen molar-refractivity contribution in [2.75, 3.05) is 0 Å². The lowest BCUT2D eigenvalue weighted by Gasteiger charge is -2.27. The van der Waals surface area contributed by atoms with Gasteiger partial charge in [0.25, 0.3) is 0 Å². The molecular weight excluding hydrogens is 441 g/mol. The molecule has 0 saturated carbocycles. The molecule has 0 saturated heterocycles. The van der Waals surface area contributed by atoms with Gasteiger partial charge in [-0.2, -0.15) is 0 Å². The molecule has 6 nitrogen and oxygen atoms in total. The highest BCUT2D eigenvalue weighted by Crippen LogP contribution is 2.33. The highest BCUT2D eigenvalue weighted by molar-refractivity contribution is 6.39. The zero-order valence-corrected chi connectivity index (χ0v) is 19.7. The summed E-state index contributed by atoms with van der Waals surface area (Å²) in [6, 6.07) is 23.8. The van der Waals surface area contributed by atoms with Crippen molar-refractivity contribution in [3.63, 3.8) is 0 Å². The van der Waals surface area contributed by atoms with Crippen LogP contribution in [-0.2, 0) is 10.2 Å². The Hall–Kier alpha value is -3.50. The summed E-state index contributed by atoms with van der Waals surface area (Å²) in [6.45, 7) is 0. The van der Waals surface area contributed by atoms with Crippen LogP contribution in [0.5, 0.6) is 11.5 Å². The van der Waals surface area contributed by atoms with Gasteiger partial charge in [-0.1, -0.05) is 42.5 Å². The van der Waals surface area contributed by atoms with Gasteiger partial charge in [0.1, 0.15) is 22.5 Å². The quantitative estimate of drug-likeness (QED) is 0.300. The standard InChI is InChI=1S/C9H10NO.2C9H7NO.Al/c3*11-8-5-1-3-7-4-2-6-10-9(7)8;/h2,4,6,8H,1,3,5H2;2*1-6,11H;/q-1;;;+3/p-2. The van der Waals surface area contributed by atoms with Crippen LogP contribution in [0.1, 0.15) is 30.2 Å². The number of para-hydroxylation sites is 2. The summed E-state index contributed by atoms with van der Waals surface area (Å²) in [5, 5.41) is 2.01. The molecule has 0 bridgehead atoms. The van der Waals surface area contributed by atoms with E-state index in [9.17, 15) is 0 Å². The first-order valence-electron chi connectivity index (χ1n) is 11.5. The van der Waals surface area contributed by atoms with Gasteiger partial charge in [-0.25, -0.2) is 0 Å².